The highest BCUT2D eigenvalue weighted by Gasteiger charge is 2.26. The highest BCUT2D eigenvalue weighted by Crippen LogP contribution is 2.35. The molecule has 1 atom stereocenters. The molecule has 0 spiro atoms. The summed E-state index contributed by atoms with van der Waals surface area (Å²) < 4.78 is 32.7. The quantitative estimate of drug-likeness (QED) is 0.281. The van der Waals surface area contributed by atoms with Crippen LogP contribution >= 0.6 is 11.8 Å². The molecule has 32 heavy (non-hydrogen) atoms. The Balaban J connectivity index is 2.00. The molecule has 0 bridgehead atoms. The van der Waals surface area contributed by atoms with E-state index in [-0.39, 0.29) is 17.7 Å². The minimum Gasteiger partial charge on any atom is -0.495 e. The maximum atomic E-state index is 13.9. The second-order valence-electron chi connectivity index (χ2n) is 6.90. The topological polar surface area (TPSA) is 81.5 Å². The van der Waals surface area contributed by atoms with Gasteiger partial charge < -0.3 is 10.1 Å². The summed E-state index contributed by atoms with van der Waals surface area (Å²) in [7, 11) is 1.39. The van der Waals surface area contributed by atoms with E-state index in [9.17, 15) is 23.7 Å². The van der Waals surface area contributed by atoms with Crippen molar-refractivity contribution >= 4 is 23.4 Å². The Morgan fingerprint density at radius 1 is 1.12 bits per heavy atom. The van der Waals surface area contributed by atoms with Gasteiger partial charge in [-0.1, -0.05) is 24.3 Å². The zero-order valence-corrected chi connectivity index (χ0v) is 18.1. The number of nitro groups is 1. The Morgan fingerprint density at radius 2 is 1.81 bits per heavy atom. The standard InChI is InChI=1S/C23H20F2N2O4S/c1-31-21-13-20(27(29)30)18(12-22(21)32-2)23(28)26-19(15-6-4-8-17(25)11-15)10-14-5-3-7-16(24)9-14/h3-9,11-13,19H,10H2,1-2H3,(H,26,28). The van der Waals surface area contributed by atoms with Gasteiger partial charge in [0.1, 0.15) is 22.9 Å². The zero-order chi connectivity index (χ0) is 23.3. The first kappa shape index (κ1) is 23.2. The maximum Gasteiger partial charge on any atom is 0.285 e. The molecule has 1 amide bonds. The molecule has 1 unspecified atom stereocenters. The predicted molar refractivity (Wildman–Crippen MR) is 118 cm³/mol. The number of carbonyl (C=O) groups is 1. The van der Waals surface area contributed by atoms with Crippen LogP contribution in [-0.4, -0.2) is 24.2 Å². The van der Waals surface area contributed by atoms with Gasteiger partial charge in [-0.05, 0) is 54.1 Å². The Morgan fingerprint density at radius 3 is 2.41 bits per heavy atom. The number of methoxy groups -OCH3 is 1. The van der Waals surface area contributed by atoms with E-state index in [1.54, 1.807) is 18.4 Å². The van der Waals surface area contributed by atoms with Gasteiger partial charge in [0.15, 0.2) is 0 Å². The lowest BCUT2D eigenvalue weighted by Gasteiger charge is -2.20. The smallest absolute Gasteiger partial charge is 0.285 e. The molecule has 166 valence electrons. The summed E-state index contributed by atoms with van der Waals surface area (Å²) in [5, 5.41) is 14.3. The second-order valence-corrected chi connectivity index (χ2v) is 7.74. The molecular weight excluding hydrogens is 438 g/mol. The average Bonchev–Trinajstić information content (AvgIpc) is 2.77. The van der Waals surface area contributed by atoms with Crippen LogP contribution in [0.2, 0.25) is 0 Å². The summed E-state index contributed by atoms with van der Waals surface area (Å²) in [6, 6.07) is 13.3. The molecule has 3 aromatic rings. The molecule has 1 N–H and O–H groups in total. The molecule has 0 aromatic heterocycles. The number of nitrogens with zero attached hydrogens (tertiary/aromatic N) is 1. The van der Waals surface area contributed by atoms with Crippen LogP contribution in [0.1, 0.15) is 27.5 Å². The van der Waals surface area contributed by atoms with Crippen molar-refractivity contribution in [3.63, 3.8) is 0 Å². The second kappa shape index (κ2) is 10.2. The normalized spacial score (nSPS) is 11.6. The lowest BCUT2D eigenvalue weighted by Crippen LogP contribution is -2.30. The monoisotopic (exact) mass is 458 g/mol. The van der Waals surface area contributed by atoms with Gasteiger partial charge in [0.2, 0.25) is 0 Å². The van der Waals surface area contributed by atoms with Crippen molar-refractivity contribution in [3.05, 3.63) is 99.1 Å². The molecule has 3 rings (SSSR count). The highest BCUT2D eigenvalue weighted by atomic mass is 32.2. The maximum absolute atomic E-state index is 13.9. The van der Waals surface area contributed by atoms with Gasteiger partial charge in [0.05, 0.1) is 29.0 Å². The molecule has 9 heteroatoms. The van der Waals surface area contributed by atoms with E-state index >= 15 is 0 Å². The first-order valence-corrected chi connectivity index (χ1v) is 10.8. The molecule has 3 aromatic carbocycles. The average molecular weight is 458 g/mol. The number of hydrogen-bond donors (Lipinski definition) is 1. The van der Waals surface area contributed by atoms with Gasteiger partial charge >= 0.3 is 0 Å². The Bertz CT molecular complexity index is 1160. The molecule has 0 heterocycles. The molecule has 0 aliphatic carbocycles. The van der Waals surface area contributed by atoms with Crippen LogP contribution in [0.4, 0.5) is 14.5 Å². The molecule has 0 saturated heterocycles. The van der Waals surface area contributed by atoms with E-state index < -0.39 is 34.2 Å². The largest absolute Gasteiger partial charge is 0.495 e. The molecular formula is C23H20F2N2O4S. The van der Waals surface area contributed by atoms with E-state index in [2.05, 4.69) is 5.32 Å². The molecule has 0 aliphatic rings. The van der Waals surface area contributed by atoms with Crippen LogP contribution in [0.3, 0.4) is 0 Å². The van der Waals surface area contributed by atoms with E-state index in [0.717, 1.165) is 0 Å². The highest BCUT2D eigenvalue weighted by molar-refractivity contribution is 7.98. The summed E-state index contributed by atoms with van der Waals surface area (Å²) in [6.07, 6.45) is 1.91. The lowest BCUT2D eigenvalue weighted by molar-refractivity contribution is -0.385. The first-order chi connectivity index (χ1) is 15.3. The number of hydrogen-bond acceptors (Lipinski definition) is 5. The minimum absolute atomic E-state index is 0.152. The van der Waals surface area contributed by atoms with Gasteiger partial charge in [-0.25, -0.2) is 8.78 Å². The lowest BCUT2D eigenvalue weighted by atomic mass is 9.98. The van der Waals surface area contributed by atoms with Crippen LogP contribution in [0.5, 0.6) is 5.75 Å². The number of nitro benzene ring substituents is 1. The SMILES string of the molecule is COc1cc([N+](=O)[O-])c(C(=O)NC(Cc2cccc(F)c2)c2cccc(F)c2)cc1SC. The van der Waals surface area contributed by atoms with Crippen molar-refractivity contribution < 1.29 is 23.2 Å². The van der Waals surface area contributed by atoms with Gasteiger partial charge in [-0.3, -0.25) is 14.9 Å². The summed E-state index contributed by atoms with van der Waals surface area (Å²) in [4.78, 5) is 24.6. The Hall–Kier alpha value is -3.46. The van der Waals surface area contributed by atoms with Crippen LogP contribution in [0.15, 0.2) is 65.6 Å². The number of halogens is 2. The number of nitrogens with one attached hydrogen (secondary N) is 1. The van der Waals surface area contributed by atoms with E-state index in [1.807, 2.05) is 0 Å². The third kappa shape index (κ3) is 5.42. The number of carbonyl (C=O) groups excluding carboxylic acids is 1. The number of benzene rings is 3. The van der Waals surface area contributed by atoms with Crippen LogP contribution in [0.25, 0.3) is 0 Å². The van der Waals surface area contributed by atoms with Gasteiger partial charge in [-0.2, -0.15) is 0 Å². The van der Waals surface area contributed by atoms with Crippen LogP contribution in [0, 0.1) is 21.7 Å². The number of ether oxygens (including phenoxy) is 1. The molecule has 0 aliphatic heterocycles. The Labute approximate surface area is 187 Å². The van der Waals surface area contributed by atoms with Crippen molar-refractivity contribution in [1.82, 2.24) is 5.32 Å². The van der Waals surface area contributed by atoms with Crippen molar-refractivity contribution in [1.29, 1.82) is 0 Å². The van der Waals surface area contributed by atoms with Gasteiger partial charge in [0.25, 0.3) is 11.6 Å². The molecule has 0 saturated carbocycles. The van der Waals surface area contributed by atoms with Crippen LogP contribution < -0.4 is 10.1 Å². The first-order valence-electron chi connectivity index (χ1n) is 9.53. The predicted octanol–water partition coefficient (Wildman–Crippen LogP) is 5.32. The summed E-state index contributed by atoms with van der Waals surface area (Å²) in [5.41, 5.74) is 0.458. The van der Waals surface area contributed by atoms with Crippen molar-refractivity contribution in [2.24, 2.45) is 0 Å². The molecule has 6 nitrogen and oxygen atoms in total. The van der Waals surface area contributed by atoms with E-state index in [0.29, 0.717) is 16.0 Å². The molecule has 0 radical (unpaired) electrons. The number of rotatable bonds is 8. The third-order valence-corrected chi connectivity index (χ3v) is 5.59. The number of amides is 1. The van der Waals surface area contributed by atoms with E-state index in [1.165, 1.54) is 67.4 Å². The summed E-state index contributed by atoms with van der Waals surface area (Å²) in [5.74, 6) is -1.37. The van der Waals surface area contributed by atoms with Gasteiger partial charge in [-0.15, -0.1) is 11.8 Å². The summed E-state index contributed by atoms with van der Waals surface area (Å²) >= 11 is 1.27. The number of thioether (sulfide) groups is 1. The summed E-state index contributed by atoms with van der Waals surface area (Å²) in [6.45, 7) is 0. The third-order valence-electron chi connectivity index (χ3n) is 4.83. The van der Waals surface area contributed by atoms with Crippen LogP contribution in [-0.2, 0) is 6.42 Å². The fraction of sp³-hybridized carbons (Fsp3) is 0.174. The fourth-order valence-electron chi connectivity index (χ4n) is 3.31. The minimum atomic E-state index is -0.751. The van der Waals surface area contributed by atoms with Crippen molar-refractivity contribution in [2.75, 3.05) is 13.4 Å². The van der Waals surface area contributed by atoms with E-state index in [4.69, 9.17) is 4.74 Å². The fourth-order valence-corrected chi connectivity index (χ4v) is 3.89. The van der Waals surface area contributed by atoms with Crippen molar-refractivity contribution in [3.8, 4) is 5.75 Å². The van der Waals surface area contributed by atoms with Gasteiger partial charge in [0, 0.05) is 0 Å². The Kier molecular flexibility index (Phi) is 7.42. The molecule has 0 fully saturated rings. The van der Waals surface area contributed by atoms with Crippen molar-refractivity contribution in [2.45, 2.75) is 17.4 Å². The zero-order valence-electron chi connectivity index (χ0n) is 17.3.